The van der Waals surface area contributed by atoms with Crippen LogP contribution in [-0.4, -0.2) is 30.3 Å². The van der Waals surface area contributed by atoms with Crippen molar-refractivity contribution in [1.82, 2.24) is 5.32 Å². The number of piperidine rings is 1. The third kappa shape index (κ3) is 2.63. The fourth-order valence-electron chi connectivity index (χ4n) is 4.33. The number of ether oxygens (including phenoxy) is 1. The van der Waals surface area contributed by atoms with Crippen molar-refractivity contribution in [3.63, 3.8) is 0 Å². The summed E-state index contributed by atoms with van der Waals surface area (Å²) in [7, 11) is 0. The number of hydrogen-bond donors (Lipinski definition) is 1. The first-order chi connectivity index (χ1) is 8.29. The molecule has 18 heavy (non-hydrogen) atoms. The first-order valence-corrected chi connectivity index (χ1v) is 6.71. The van der Waals surface area contributed by atoms with Crippen LogP contribution in [0, 0.1) is 5.41 Å². The van der Waals surface area contributed by atoms with Gasteiger partial charge in [-0.3, -0.25) is 0 Å². The number of hydrogen-bond acceptors (Lipinski definition) is 3. The summed E-state index contributed by atoms with van der Waals surface area (Å²) in [6.07, 6.45) is 3.31. The first kappa shape index (κ1) is 13.7. The molecule has 0 aromatic heterocycles. The van der Waals surface area contributed by atoms with Gasteiger partial charge in [0.25, 0.3) is 0 Å². The maximum absolute atomic E-state index is 8.51. The van der Waals surface area contributed by atoms with Crippen molar-refractivity contribution in [2.24, 2.45) is 10.5 Å². The van der Waals surface area contributed by atoms with Gasteiger partial charge < -0.3 is 10.1 Å². The SMILES string of the molecule is CC1(C)CC2(CCOC2CN=[N+]=[N-])CC(C)(C)N1. The fourth-order valence-corrected chi connectivity index (χ4v) is 4.33. The zero-order valence-corrected chi connectivity index (χ0v) is 11.9. The minimum atomic E-state index is 0.0778. The van der Waals surface area contributed by atoms with Crippen LogP contribution in [0.15, 0.2) is 5.11 Å². The van der Waals surface area contributed by atoms with Gasteiger partial charge in [0.15, 0.2) is 0 Å². The van der Waals surface area contributed by atoms with Gasteiger partial charge in [0, 0.05) is 28.0 Å². The first-order valence-electron chi connectivity index (χ1n) is 6.71. The van der Waals surface area contributed by atoms with Crippen LogP contribution < -0.4 is 5.32 Å². The molecule has 1 unspecified atom stereocenters. The average Bonchev–Trinajstić information content (AvgIpc) is 2.52. The summed E-state index contributed by atoms with van der Waals surface area (Å²) in [6.45, 7) is 10.2. The van der Waals surface area contributed by atoms with Crippen LogP contribution in [0.5, 0.6) is 0 Å². The number of nitrogens with one attached hydrogen (secondary N) is 1. The zero-order valence-electron chi connectivity index (χ0n) is 11.9. The fraction of sp³-hybridized carbons (Fsp3) is 1.00. The lowest BCUT2D eigenvalue weighted by atomic mass is 9.62. The third-order valence-electron chi connectivity index (χ3n) is 4.18. The van der Waals surface area contributed by atoms with Gasteiger partial charge in [0.2, 0.25) is 0 Å². The molecule has 1 N–H and O–H groups in total. The highest BCUT2D eigenvalue weighted by Crippen LogP contribution is 2.50. The molecule has 1 atom stereocenters. The molecule has 2 rings (SSSR count). The van der Waals surface area contributed by atoms with Crippen LogP contribution in [0.4, 0.5) is 0 Å². The summed E-state index contributed by atoms with van der Waals surface area (Å²) in [5.41, 5.74) is 8.87. The molecule has 5 heteroatoms. The highest BCUT2D eigenvalue weighted by molar-refractivity contribution is 5.08. The topological polar surface area (TPSA) is 70.0 Å². The Morgan fingerprint density at radius 1 is 1.28 bits per heavy atom. The molecule has 2 saturated heterocycles. The number of nitrogens with zero attached hydrogens (tertiary/aromatic N) is 3. The molecule has 1 spiro atoms. The largest absolute Gasteiger partial charge is 0.377 e. The predicted molar refractivity (Wildman–Crippen MR) is 71.3 cm³/mol. The summed E-state index contributed by atoms with van der Waals surface area (Å²) >= 11 is 0. The Kier molecular flexibility index (Phi) is 3.34. The van der Waals surface area contributed by atoms with Gasteiger partial charge in [-0.05, 0) is 52.5 Å². The highest BCUT2D eigenvalue weighted by Gasteiger charge is 2.53. The van der Waals surface area contributed by atoms with Crippen molar-refractivity contribution in [2.75, 3.05) is 13.2 Å². The predicted octanol–water partition coefficient (Wildman–Crippen LogP) is 3.01. The van der Waals surface area contributed by atoms with E-state index in [1.807, 2.05) is 0 Å². The van der Waals surface area contributed by atoms with E-state index in [9.17, 15) is 0 Å². The van der Waals surface area contributed by atoms with Crippen molar-refractivity contribution in [1.29, 1.82) is 0 Å². The van der Waals surface area contributed by atoms with Crippen LogP contribution in [0.25, 0.3) is 10.4 Å². The second-order valence-corrected chi connectivity index (χ2v) is 7.13. The molecule has 5 nitrogen and oxygen atoms in total. The maximum atomic E-state index is 8.51. The van der Waals surface area contributed by atoms with E-state index in [1.54, 1.807) is 0 Å². The molecule has 2 aliphatic rings. The van der Waals surface area contributed by atoms with Gasteiger partial charge in [-0.15, -0.1) is 0 Å². The van der Waals surface area contributed by atoms with Gasteiger partial charge in [0.1, 0.15) is 0 Å². The van der Waals surface area contributed by atoms with Gasteiger partial charge in [0.05, 0.1) is 12.6 Å². The standard InChI is InChI=1S/C13H24N4O/c1-11(2)8-13(9-12(3,4)16-11)5-6-18-10(13)7-15-17-14/h10,16H,5-9H2,1-4H3. The second-order valence-electron chi connectivity index (χ2n) is 7.13. The summed E-state index contributed by atoms with van der Waals surface area (Å²) in [6, 6.07) is 0. The molecule has 2 aliphatic heterocycles. The van der Waals surface area contributed by atoms with Gasteiger partial charge in [-0.2, -0.15) is 0 Å². The van der Waals surface area contributed by atoms with Crippen LogP contribution >= 0.6 is 0 Å². The zero-order chi connectivity index (χ0) is 13.4. The summed E-state index contributed by atoms with van der Waals surface area (Å²) < 4.78 is 5.84. The van der Waals surface area contributed by atoms with Crippen LogP contribution in [-0.2, 0) is 4.74 Å². The number of azide groups is 1. The van der Waals surface area contributed by atoms with Crippen LogP contribution in [0.3, 0.4) is 0 Å². The van der Waals surface area contributed by atoms with Gasteiger partial charge in [-0.25, -0.2) is 0 Å². The van der Waals surface area contributed by atoms with Crippen LogP contribution in [0.2, 0.25) is 0 Å². The summed E-state index contributed by atoms with van der Waals surface area (Å²) in [5, 5.41) is 7.43. The van der Waals surface area contributed by atoms with E-state index in [0.29, 0.717) is 6.54 Å². The molecule has 0 radical (unpaired) electrons. The third-order valence-corrected chi connectivity index (χ3v) is 4.18. The highest BCUT2D eigenvalue weighted by atomic mass is 16.5. The maximum Gasteiger partial charge on any atom is 0.0689 e. The van der Waals surface area contributed by atoms with Crippen molar-refractivity contribution >= 4 is 0 Å². The van der Waals surface area contributed by atoms with E-state index in [2.05, 4.69) is 43.0 Å². The Labute approximate surface area is 109 Å². The monoisotopic (exact) mass is 252 g/mol. The lowest BCUT2D eigenvalue weighted by Crippen LogP contribution is -2.62. The van der Waals surface area contributed by atoms with Gasteiger partial charge in [-0.1, -0.05) is 5.11 Å². The molecule has 0 bridgehead atoms. The molecule has 2 fully saturated rings. The number of rotatable bonds is 2. The Morgan fingerprint density at radius 2 is 1.89 bits per heavy atom. The Hall–Kier alpha value is -0.770. The summed E-state index contributed by atoms with van der Waals surface area (Å²) in [5.74, 6) is 0. The minimum absolute atomic E-state index is 0.0778. The van der Waals surface area contributed by atoms with Crippen molar-refractivity contribution in [2.45, 2.75) is 64.1 Å². The van der Waals surface area contributed by atoms with E-state index >= 15 is 0 Å². The molecular formula is C13H24N4O. The minimum Gasteiger partial charge on any atom is -0.377 e. The van der Waals surface area contributed by atoms with E-state index in [1.165, 1.54) is 0 Å². The van der Waals surface area contributed by atoms with Crippen molar-refractivity contribution in [3.8, 4) is 0 Å². The van der Waals surface area contributed by atoms with E-state index in [0.717, 1.165) is 25.9 Å². The lowest BCUT2D eigenvalue weighted by Gasteiger charge is -2.53. The molecular weight excluding hydrogens is 228 g/mol. The summed E-state index contributed by atoms with van der Waals surface area (Å²) in [4.78, 5) is 2.88. The molecule has 0 aromatic rings. The van der Waals surface area contributed by atoms with Crippen molar-refractivity contribution in [3.05, 3.63) is 10.4 Å². The Balaban J connectivity index is 2.25. The van der Waals surface area contributed by atoms with Crippen molar-refractivity contribution < 1.29 is 4.74 Å². The Morgan fingerprint density at radius 3 is 2.44 bits per heavy atom. The molecule has 0 aliphatic carbocycles. The molecule has 2 heterocycles. The quantitative estimate of drug-likeness (QED) is 0.466. The van der Waals surface area contributed by atoms with E-state index in [4.69, 9.17) is 10.3 Å². The normalized spacial score (nSPS) is 32.1. The second kappa shape index (κ2) is 4.41. The van der Waals surface area contributed by atoms with E-state index < -0.39 is 0 Å². The van der Waals surface area contributed by atoms with Gasteiger partial charge >= 0.3 is 0 Å². The smallest absolute Gasteiger partial charge is 0.0689 e. The average molecular weight is 252 g/mol. The van der Waals surface area contributed by atoms with E-state index in [-0.39, 0.29) is 22.6 Å². The molecule has 0 saturated carbocycles. The molecule has 0 amide bonds. The van der Waals surface area contributed by atoms with Crippen LogP contribution in [0.1, 0.15) is 47.0 Å². The molecule has 102 valence electrons. The Bertz CT molecular complexity index is 355. The lowest BCUT2D eigenvalue weighted by molar-refractivity contribution is -0.0167. The molecule has 0 aromatic carbocycles.